The minimum atomic E-state index is 0.459. The number of nitrogens with zero attached hydrogens (tertiary/aromatic N) is 3. The van der Waals surface area contributed by atoms with E-state index in [2.05, 4.69) is 53.9 Å². The van der Waals surface area contributed by atoms with E-state index in [9.17, 15) is 0 Å². The van der Waals surface area contributed by atoms with Crippen molar-refractivity contribution in [1.29, 1.82) is 0 Å². The van der Waals surface area contributed by atoms with Crippen LogP contribution in [0, 0.1) is 6.92 Å². The lowest BCUT2D eigenvalue weighted by molar-refractivity contribution is 0.396. The molecule has 0 unspecified atom stereocenters. The first-order chi connectivity index (χ1) is 8.00. The van der Waals surface area contributed by atoms with Crippen molar-refractivity contribution in [3.8, 4) is 0 Å². The van der Waals surface area contributed by atoms with Crippen molar-refractivity contribution >= 4 is 5.95 Å². The van der Waals surface area contributed by atoms with Crippen LogP contribution in [0.25, 0.3) is 0 Å². The number of hydrogen-bond acceptors (Lipinski definition) is 3. The predicted molar refractivity (Wildman–Crippen MR) is 73.6 cm³/mol. The van der Waals surface area contributed by atoms with Gasteiger partial charge in [-0.2, -0.15) is 0 Å². The molecule has 0 aliphatic rings. The molecule has 0 aliphatic heterocycles. The van der Waals surface area contributed by atoms with Crippen LogP contribution in [-0.4, -0.2) is 41.6 Å². The predicted octanol–water partition coefficient (Wildman–Crippen LogP) is 2.53. The van der Waals surface area contributed by atoms with Crippen molar-refractivity contribution in [3.05, 3.63) is 11.9 Å². The Balaban J connectivity index is 2.36. The smallest absolute Gasteiger partial charge is 0.203 e. The van der Waals surface area contributed by atoms with Gasteiger partial charge < -0.3 is 14.8 Å². The molecule has 0 bridgehead atoms. The number of unbranched alkanes of at least 4 members (excludes halogenated alkanes) is 1. The number of aryl methyl sites for hydroxylation is 1. The molecular formula is C13H26N4. The summed E-state index contributed by atoms with van der Waals surface area (Å²) in [5.74, 6) is 1.00. The Kier molecular flexibility index (Phi) is 5.48. The molecular weight excluding hydrogens is 212 g/mol. The summed E-state index contributed by atoms with van der Waals surface area (Å²) in [6.45, 7) is 8.54. The van der Waals surface area contributed by atoms with E-state index in [0.29, 0.717) is 6.04 Å². The van der Waals surface area contributed by atoms with Crippen LogP contribution >= 0.6 is 0 Å². The number of hydrogen-bond donors (Lipinski definition) is 1. The molecule has 0 saturated carbocycles. The maximum atomic E-state index is 4.51. The van der Waals surface area contributed by atoms with Gasteiger partial charge in [-0.25, -0.2) is 4.98 Å². The minimum Gasteiger partial charge on any atom is -0.356 e. The Labute approximate surface area is 105 Å². The molecule has 0 aromatic carbocycles. The summed E-state index contributed by atoms with van der Waals surface area (Å²) in [7, 11) is 4.23. The second-order valence-corrected chi connectivity index (χ2v) is 5.14. The van der Waals surface area contributed by atoms with E-state index >= 15 is 0 Å². The molecule has 98 valence electrons. The maximum absolute atomic E-state index is 4.51. The normalized spacial score (nSPS) is 11.5. The van der Waals surface area contributed by atoms with Gasteiger partial charge in [0.05, 0.1) is 5.69 Å². The van der Waals surface area contributed by atoms with Gasteiger partial charge >= 0.3 is 0 Å². The molecule has 0 saturated heterocycles. The molecule has 1 N–H and O–H groups in total. The molecule has 1 aromatic heterocycles. The molecule has 0 atom stereocenters. The lowest BCUT2D eigenvalue weighted by atomic mass is 10.3. The van der Waals surface area contributed by atoms with Crippen LogP contribution in [-0.2, 0) is 0 Å². The summed E-state index contributed by atoms with van der Waals surface area (Å²) in [4.78, 5) is 6.73. The highest BCUT2D eigenvalue weighted by atomic mass is 15.2. The number of rotatable bonds is 7. The zero-order chi connectivity index (χ0) is 12.8. The van der Waals surface area contributed by atoms with Crippen LogP contribution in [0.5, 0.6) is 0 Å². The molecule has 0 aliphatic carbocycles. The summed E-state index contributed by atoms with van der Waals surface area (Å²) < 4.78 is 2.20. The van der Waals surface area contributed by atoms with Crippen molar-refractivity contribution in [1.82, 2.24) is 14.5 Å². The van der Waals surface area contributed by atoms with Gasteiger partial charge in [0.1, 0.15) is 0 Å². The van der Waals surface area contributed by atoms with E-state index in [1.807, 2.05) is 6.92 Å². The zero-order valence-electron chi connectivity index (χ0n) is 11.8. The van der Waals surface area contributed by atoms with Crippen molar-refractivity contribution in [2.24, 2.45) is 0 Å². The van der Waals surface area contributed by atoms with E-state index in [-0.39, 0.29) is 0 Å². The highest BCUT2D eigenvalue weighted by molar-refractivity contribution is 5.29. The van der Waals surface area contributed by atoms with Crippen LogP contribution in [0.2, 0.25) is 0 Å². The van der Waals surface area contributed by atoms with Crippen LogP contribution in [0.1, 0.15) is 38.4 Å². The quantitative estimate of drug-likeness (QED) is 0.741. The Morgan fingerprint density at radius 2 is 2.06 bits per heavy atom. The second kappa shape index (κ2) is 6.64. The number of nitrogens with one attached hydrogen (secondary N) is 1. The first-order valence-electron chi connectivity index (χ1n) is 6.44. The minimum absolute atomic E-state index is 0.459. The van der Waals surface area contributed by atoms with Crippen LogP contribution in [0.3, 0.4) is 0 Å². The summed E-state index contributed by atoms with van der Waals surface area (Å²) in [5.41, 5.74) is 1.08. The molecule has 17 heavy (non-hydrogen) atoms. The average Bonchev–Trinajstić information content (AvgIpc) is 2.59. The number of imidazole rings is 1. The van der Waals surface area contributed by atoms with Gasteiger partial charge in [0.2, 0.25) is 5.95 Å². The van der Waals surface area contributed by atoms with E-state index < -0.39 is 0 Å². The van der Waals surface area contributed by atoms with Crippen LogP contribution < -0.4 is 5.32 Å². The van der Waals surface area contributed by atoms with E-state index in [1.165, 1.54) is 12.8 Å². The Hall–Kier alpha value is -1.03. The monoisotopic (exact) mass is 238 g/mol. The molecule has 1 heterocycles. The molecule has 0 amide bonds. The van der Waals surface area contributed by atoms with Gasteiger partial charge in [-0.05, 0) is 54.3 Å². The fourth-order valence-electron chi connectivity index (χ4n) is 1.79. The first-order valence-corrected chi connectivity index (χ1v) is 6.44. The average molecular weight is 238 g/mol. The summed E-state index contributed by atoms with van der Waals surface area (Å²) >= 11 is 0. The molecule has 1 rings (SSSR count). The molecule has 0 radical (unpaired) electrons. The first kappa shape index (κ1) is 14.0. The highest BCUT2D eigenvalue weighted by Crippen LogP contribution is 2.15. The van der Waals surface area contributed by atoms with Crippen molar-refractivity contribution in [3.63, 3.8) is 0 Å². The standard InChI is InChI=1S/C13H26N4/c1-11(2)17-10-12(3)15-13(17)14-8-6-7-9-16(4)5/h10-11H,6-9H2,1-5H3,(H,14,15). The SMILES string of the molecule is Cc1cn(C(C)C)c(NCCCCN(C)C)n1. The largest absolute Gasteiger partial charge is 0.356 e. The Morgan fingerprint density at radius 3 is 2.65 bits per heavy atom. The summed E-state index contributed by atoms with van der Waals surface area (Å²) in [5, 5.41) is 3.42. The molecule has 0 spiro atoms. The van der Waals surface area contributed by atoms with Gasteiger partial charge in [0, 0.05) is 18.8 Å². The van der Waals surface area contributed by atoms with Crippen molar-refractivity contribution in [2.75, 3.05) is 32.5 Å². The van der Waals surface area contributed by atoms with Gasteiger partial charge in [-0.3, -0.25) is 0 Å². The zero-order valence-corrected chi connectivity index (χ0v) is 11.8. The highest BCUT2D eigenvalue weighted by Gasteiger charge is 2.07. The van der Waals surface area contributed by atoms with Crippen LogP contribution in [0.15, 0.2) is 6.20 Å². The Morgan fingerprint density at radius 1 is 1.35 bits per heavy atom. The van der Waals surface area contributed by atoms with Gasteiger partial charge in [0.25, 0.3) is 0 Å². The molecule has 4 heteroatoms. The van der Waals surface area contributed by atoms with E-state index in [4.69, 9.17) is 0 Å². The Bertz CT molecular complexity index is 328. The van der Waals surface area contributed by atoms with Crippen molar-refractivity contribution in [2.45, 2.75) is 39.7 Å². The fourth-order valence-corrected chi connectivity index (χ4v) is 1.79. The molecule has 0 fully saturated rings. The lowest BCUT2D eigenvalue weighted by Gasteiger charge is -2.13. The third kappa shape index (κ3) is 4.77. The van der Waals surface area contributed by atoms with E-state index in [1.54, 1.807) is 0 Å². The van der Waals surface area contributed by atoms with E-state index in [0.717, 1.165) is 24.7 Å². The fraction of sp³-hybridized carbons (Fsp3) is 0.769. The number of aromatic nitrogens is 2. The maximum Gasteiger partial charge on any atom is 0.203 e. The second-order valence-electron chi connectivity index (χ2n) is 5.14. The third-order valence-electron chi connectivity index (χ3n) is 2.72. The summed E-state index contributed by atoms with van der Waals surface area (Å²) in [6.07, 6.45) is 4.51. The topological polar surface area (TPSA) is 33.1 Å². The van der Waals surface area contributed by atoms with Gasteiger partial charge in [0.15, 0.2) is 0 Å². The summed E-state index contributed by atoms with van der Waals surface area (Å²) in [6, 6.07) is 0.459. The van der Waals surface area contributed by atoms with Gasteiger partial charge in [-0.1, -0.05) is 0 Å². The van der Waals surface area contributed by atoms with Crippen LogP contribution in [0.4, 0.5) is 5.95 Å². The molecule has 4 nitrogen and oxygen atoms in total. The third-order valence-corrected chi connectivity index (χ3v) is 2.72. The van der Waals surface area contributed by atoms with Crippen molar-refractivity contribution < 1.29 is 0 Å². The molecule has 1 aromatic rings. The van der Waals surface area contributed by atoms with Gasteiger partial charge in [-0.15, -0.1) is 0 Å². The number of anilines is 1. The lowest BCUT2D eigenvalue weighted by Crippen LogP contribution is -2.15.